The molecule has 0 aliphatic rings. The summed E-state index contributed by atoms with van der Waals surface area (Å²) in [7, 11) is 0. The second-order valence-electron chi connectivity index (χ2n) is 4.71. The summed E-state index contributed by atoms with van der Waals surface area (Å²) < 4.78 is 10.8. The van der Waals surface area contributed by atoms with Crippen LogP contribution in [0.1, 0.15) is 27.2 Å². The summed E-state index contributed by atoms with van der Waals surface area (Å²) in [6, 6.07) is 3.63. The lowest BCUT2D eigenvalue weighted by Gasteiger charge is -2.08. The molecule has 2 aromatic rings. The Hall–Kier alpha value is -1.24. The molecule has 0 spiro atoms. The Morgan fingerprint density at radius 3 is 2.78 bits per heavy atom. The molecule has 0 amide bonds. The summed E-state index contributed by atoms with van der Waals surface area (Å²) in [4.78, 5) is 14.6. The van der Waals surface area contributed by atoms with Gasteiger partial charge in [-0.25, -0.2) is 4.79 Å². The first-order valence-corrected chi connectivity index (χ1v) is 8.60. The molecule has 1 aromatic heterocycles. The lowest BCUT2D eigenvalue weighted by Crippen LogP contribution is -2.13. The summed E-state index contributed by atoms with van der Waals surface area (Å²) in [5.74, 6) is 0.396. The van der Waals surface area contributed by atoms with Crippen molar-refractivity contribution in [2.75, 3.05) is 13.2 Å². The summed E-state index contributed by atoms with van der Waals surface area (Å²) in [5, 5.41) is 9.97. The molecule has 0 saturated carbocycles. The number of aromatic amines is 1. The van der Waals surface area contributed by atoms with E-state index in [9.17, 15) is 4.79 Å². The fraction of sp³-hybridized carbons (Fsp3) is 0.438. The number of hydrogen-bond acceptors (Lipinski definition) is 4. The maximum atomic E-state index is 11.6. The van der Waals surface area contributed by atoms with E-state index >= 15 is 0 Å². The summed E-state index contributed by atoms with van der Waals surface area (Å²) >= 11 is 9.52. The Morgan fingerprint density at radius 2 is 2.13 bits per heavy atom. The van der Waals surface area contributed by atoms with E-state index in [0.29, 0.717) is 27.1 Å². The minimum absolute atomic E-state index is 0.0600. The molecule has 0 saturated heterocycles. The number of nitrogens with one attached hydrogen (secondary N) is 1. The van der Waals surface area contributed by atoms with Gasteiger partial charge in [-0.3, -0.25) is 0 Å². The van der Waals surface area contributed by atoms with Crippen LogP contribution >= 0.6 is 27.5 Å². The quantitative estimate of drug-likeness (QED) is 0.674. The Bertz CT molecular complexity index is 644. The number of H-pyrrole nitrogens is 1. The number of benzene rings is 1. The van der Waals surface area contributed by atoms with E-state index in [0.717, 1.165) is 5.52 Å². The second kappa shape index (κ2) is 9.80. The highest BCUT2D eigenvalue weighted by Gasteiger charge is 2.15. The number of aromatic nitrogens is 1. The van der Waals surface area contributed by atoms with Crippen LogP contribution in [0.2, 0.25) is 5.02 Å². The SMILES string of the molecule is CC.C[C@@H](CO)CCOC(=O)Oc1c[nH]c2ccc(Br)c(Cl)c12. The highest BCUT2D eigenvalue weighted by Crippen LogP contribution is 2.37. The molecular formula is C16H21BrClNO4. The lowest BCUT2D eigenvalue weighted by molar-refractivity contribution is 0.0902. The van der Waals surface area contributed by atoms with Crippen LogP contribution in [-0.2, 0) is 4.74 Å². The zero-order chi connectivity index (χ0) is 17.4. The molecule has 2 rings (SSSR count). The van der Waals surface area contributed by atoms with E-state index in [1.807, 2.05) is 26.8 Å². The molecule has 5 nitrogen and oxygen atoms in total. The minimum atomic E-state index is -0.794. The highest BCUT2D eigenvalue weighted by molar-refractivity contribution is 9.10. The first kappa shape index (κ1) is 19.8. The number of halogens is 2. The van der Waals surface area contributed by atoms with E-state index in [1.54, 1.807) is 12.3 Å². The third-order valence-electron chi connectivity index (χ3n) is 3.04. The Balaban J connectivity index is 0.00000127. The van der Waals surface area contributed by atoms with Crippen LogP contribution in [-0.4, -0.2) is 29.5 Å². The van der Waals surface area contributed by atoms with Crippen molar-refractivity contribution in [1.29, 1.82) is 0 Å². The van der Waals surface area contributed by atoms with E-state index in [1.165, 1.54) is 0 Å². The van der Waals surface area contributed by atoms with Gasteiger partial charge in [-0.2, -0.15) is 0 Å². The normalized spacial score (nSPS) is 11.6. The lowest BCUT2D eigenvalue weighted by atomic mass is 10.1. The van der Waals surface area contributed by atoms with Crippen molar-refractivity contribution in [2.24, 2.45) is 5.92 Å². The zero-order valence-electron chi connectivity index (χ0n) is 13.4. The number of hydrogen-bond donors (Lipinski definition) is 2. The van der Waals surface area contributed by atoms with Gasteiger partial charge >= 0.3 is 6.16 Å². The molecule has 23 heavy (non-hydrogen) atoms. The fourth-order valence-electron chi connectivity index (χ4n) is 1.76. The summed E-state index contributed by atoms with van der Waals surface area (Å²) in [5.41, 5.74) is 0.764. The van der Waals surface area contributed by atoms with E-state index in [2.05, 4.69) is 20.9 Å². The first-order valence-electron chi connectivity index (χ1n) is 7.43. The molecule has 0 aliphatic heterocycles. The smallest absolute Gasteiger partial charge is 0.434 e. The maximum absolute atomic E-state index is 11.6. The molecule has 1 atom stereocenters. The van der Waals surface area contributed by atoms with Gasteiger partial charge < -0.3 is 19.6 Å². The number of fused-ring (bicyclic) bond motifs is 1. The number of carbonyl (C=O) groups excluding carboxylic acids is 1. The van der Waals surface area contributed by atoms with Gasteiger partial charge in [0.2, 0.25) is 0 Å². The summed E-state index contributed by atoms with van der Waals surface area (Å²) in [6.45, 7) is 6.12. The molecule has 2 N–H and O–H groups in total. The second-order valence-corrected chi connectivity index (χ2v) is 5.95. The maximum Gasteiger partial charge on any atom is 0.513 e. The van der Waals surface area contributed by atoms with Crippen LogP contribution in [0.3, 0.4) is 0 Å². The number of carbonyl (C=O) groups is 1. The van der Waals surface area contributed by atoms with Crippen LogP contribution in [0, 0.1) is 5.92 Å². The summed E-state index contributed by atoms with van der Waals surface area (Å²) in [6.07, 6.45) is 1.34. The van der Waals surface area contributed by atoms with Gasteiger partial charge in [0.15, 0.2) is 5.75 Å². The average molecular weight is 407 g/mol. The van der Waals surface area contributed by atoms with Gasteiger partial charge in [-0.05, 0) is 40.4 Å². The molecule has 7 heteroatoms. The Labute approximate surface area is 149 Å². The van der Waals surface area contributed by atoms with Gasteiger partial charge in [0, 0.05) is 17.3 Å². The van der Waals surface area contributed by atoms with Crippen molar-refractivity contribution in [3.05, 3.63) is 27.8 Å². The van der Waals surface area contributed by atoms with Crippen molar-refractivity contribution >= 4 is 44.6 Å². The molecular weight excluding hydrogens is 386 g/mol. The van der Waals surface area contributed by atoms with E-state index in [-0.39, 0.29) is 19.1 Å². The third-order valence-corrected chi connectivity index (χ3v) is 4.32. The van der Waals surface area contributed by atoms with Crippen molar-refractivity contribution < 1.29 is 19.4 Å². The molecule has 1 heterocycles. The highest BCUT2D eigenvalue weighted by atomic mass is 79.9. The van der Waals surface area contributed by atoms with Crippen molar-refractivity contribution in [3.63, 3.8) is 0 Å². The van der Waals surface area contributed by atoms with Gasteiger partial charge in [0.1, 0.15) is 0 Å². The molecule has 0 aliphatic carbocycles. The van der Waals surface area contributed by atoms with Crippen LogP contribution < -0.4 is 4.74 Å². The first-order chi connectivity index (χ1) is 11.0. The minimum Gasteiger partial charge on any atom is -0.434 e. The average Bonchev–Trinajstić information content (AvgIpc) is 2.96. The molecule has 0 radical (unpaired) electrons. The van der Waals surface area contributed by atoms with Crippen LogP contribution in [0.15, 0.2) is 22.8 Å². The largest absolute Gasteiger partial charge is 0.513 e. The van der Waals surface area contributed by atoms with Crippen LogP contribution in [0.5, 0.6) is 5.75 Å². The standard InChI is InChI=1S/C14H15BrClNO4.C2H6/c1-8(7-18)4-5-20-14(19)21-11-6-17-10-3-2-9(15)13(16)12(10)11;1-2/h2-3,6,8,17-18H,4-5,7H2,1H3;1-2H3/t8-;/m1./s1. The molecule has 0 fully saturated rings. The Kier molecular flexibility index (Phi) is 8.44. The van der Waals surface area contributed by atoms with Crippen molar-refractivity contribution in [1.82, 2.24) is 4.98 Å². The Morgan fingerprint density at radius 1 is 1.43 bits per heavy atom. The predicted octanol–water partition coefficient (Wildman–Crippen LogP) is 5.14. The van der Waals surface area contributed by atoms with Crippen LogP contribution in [0.25, 0.3) is 10.9 Å². The van der Waals surface area contributed by atoms with E-state index < -0.39 is 6.16 Å². The van der Waals surface area contributed by atoms with Gasteiger partial charge in [0.05, 0.1) is 22.5 Å². The van der Waals surface area contributed by atoms with Crippen molar-refractivity contribution in [2.45, 2.75) is 27.2 Å². The van der Waals surface area contributed by atoms with Gasteiger partial charge in [-0.1, -0.05) is 32.4 Å². The number of ether oxygens (including phenoxy) is 2. The molecule has 128 valence electrons. The molecule has 0 unspecified atom stereocenters. The zero-order valence-corrected chi connectivity index (χ0v) is 15.7. The van der Waals surface area contributed by atoms with Gasteiger partial charge in [0.25, 0.3) is 0 Å². The number of aliphatic hydroxyl groups excluding tert-OH is 1. The van der Waals surface area contributed by atoms with Crippen molar-refractivity contribution in [3.8, 4) is 5.75 Å². The topological polar surface area (TPSA) is 71.6 Å². The fourth-order valence-corrected chi connectivity index (χ4v) is 2.35. The molecule has 0 bridgehead atoms. The van der Waals surface area contributed by atoms with Crippen LogP contribution in [0.4, 0.5) is 4.79 Å². The number of rotatable bonds is 5. The van der Waals surface area contributed by atoms with E-state index in [4.69, 9.17) is 26.2 Å². The monoisotopic (exact) mass is 405 g/mol. The third kappa shape index (κ3) is 5.41. The number of aliphatic hydroxyl groups is 1. The predicted molar refractivity (Wildman–Crippen MR) is 95.2 cm³/mol. The van der Waals surface area contributed by atoms with Gasteiger partial charge in [-0.15, -0.1) is 0 Å². The molecule has 1 aromatic carbocycles.